The smallest absolute Gasteiger partial charge is 0.302 e. The number of nitrogens with zero attached hydrogens (tertiary/aromatic N) is 1. The standard InChI is InChI=1S/C17H18N2O3S2/c1-11(2)13-6-4-5-7-14(13)18-24(21,22)12-8-9-15-16(10-12)23-17(20)19(15)3/h4-11,18H,1-3H3. The van der Waals surface area contributed by atoms with Crippen molar-refractivity contribution in [1.29, 1.82) is 0 Å². The fourth-order valence-electron chi connectivity index (χ4n) is 2.58. The van der Waals surface area contributed by atoms with E-state index in [4.69, 9.17) is 0 Å². The molecule has 0 unspecified atom stereocenters. The van der Waals surface area contributed by atoms with Gasteiger partial charge in [0.1, 0.15) is 0 Å². The average Bonchev–Trinajstić information content (AvgIpc) is 2.81. The van der Waals surface area contributed by atoms with Crippen LogP contribution in [0.4, 0.5) is 5.69 Å². The summed E-state index contributed by atoms with van der Waals surface area (Å²) in [7, 11) is -2.05. The van der Waals surface area contributed by atoms with Crippen LogP contribution in [0.25, 0.3) is 10.2 Å². The van der Waals surface area contributed by atoms with Crippen LogP contribution in [-0.2, 0) is 17.1 Å². The Morgan fingerprint density at radius 1 is 1.12 bits per heavy atom. The summed E-state index contributed by atoms with van der Waals surface area (Å²) in [5.41, 5.74) is 2.24. The van der Waals surface area contributed by atoms with Crippen LogP contribution in [0.2, 0.25) is 0 Å². The highest BCUT2D eigenvalue weighted by Gasteiger charge is 2.18. The number of aromatic nitrogens is 1. The van der Waals surface area contributed by atoms with E-state index in [1.54, 1.807) is 31.3 Å². The summed E-state index contributed by atoms with van der Waals surface area (Å²) >= 11 is 1.04. The molecule has 0 saturated carbocycles. The van der Waals surface area contributed by atoms with Gasteiger partial charge in [-0.25, -0.2) is 8.42 Å². The predicted octanol–water partition coefficient (Wildman–Crippen LogP) is 3.52. The van der Waals surface area contributed by atoms with Gasteiger partial charge >= 0.3 is 4.87 Å². The lowest BCUT2D eigenvalue weighted by Crippen LogP contribution is -2.14. The van der Waals surface area contributed by atoms with E-state index in [-0.39, 0.29) is 15.7 Å². The van der Waals surface area contributed by atoms with Gasteiger partial charge in [0, 0.05) is 7.05 Å². The van der Waals surface area contributed by atoms with Gasteiger partial charge in [-0.3, -0.25) is 9.52 Å². The van der Waals surface area contributed by atoms with Gasteiger partial charge in [0.25, 0.3) is 10.0 Å². The molecule has 0 atom stereocenters. The fraction of sp³-hybridized carbons (Fsp3) is 0.235. The molecule has 2 aromatic carbocycles. The maximum absolute atomic E-state index is 12.7. The summed E-state index contributed by atoms with van der Waals surface area (Å²) in [6, 6.07) is 12.1. The molecule has 0 saturated heterocycles. The Labute approximate surface area is 144 Å². The molecule has 126 valence electrons. The number of fused-ring (bicyclic) bond motifs is 1. The molecule has 1 aromatic heterocycles. The van der Waals surface area contributed by atoms with Crippen molar-refractivity contribution in [2.75, 3.05) is 4.72 Å². The zero-order valence-corrected chi connectivity index (χ0v) is 15.2. The van der Waals surface area contributed by atoms with E-state index in [0.717, 1.165) is 22.4 Å². The number of thiazole rings is 1. The molecule has 0 amide bonds. The van der Waals surface area contributed by atoms with Crippen LogP contribution in [-0.4, -0.2) is 13.0 Å². The van der Waals surface area contributed by atoms with Crippen molar-refractivity contribution in [3.05, 3.63) is 57.7 Å². The first-order valence-electron chi connectivity index (χ1n) is 7.51. The number of hydrogen-bond donors (Lipinski definition) is 1. The Kier molecular flexibility index (Phi) is 4.23. The third-order valence-corrected chi connectivity index (χ3v) is 6.26. The van der Waals surface area contributed by atoms with Crippen LogP contribution >= 0.6 is 11.3 Å². The number of sulfonamides is 1. The second-order valence-corrected chi connectivity index (χ2v) is 8.58. The minimum Gasteiger partial charge on any atom is -0.302 e. The Hall–Kier alpha value is -2.12. The summed E-state index contributed by atoms with van der Waals surface area (Å²) in [5, 5.41) is 0. The summed E-state index contributed by atoms with van der Waals surface area (Å²) in [6.07, 6.45) is 0. The molecule has 0 aliphatic rings. The third kappa shape index (κ3) is 2.97. The first-order valence-corrected chi connectivity index (χ1v) is 9.81. The summed E-state index contributed by atoms with van der Waals surface area (Å²) in [4.78, 5) is 11.8. The summed E-state index contributed by atoms with van der Waals surface area (Å²) in [6.45, 7) is 4.03. The van der Waals surface area contributed by atoms with Crippen LogP contribution in [0.1, 0.15) is 25.3 Å². The maximum Gasteiger partial charge on any atom is 0.307 e. The molecule has 24 heavy (non-hydrogen) atoms. The first-order chi connectivity index (χ1) is 11.3. The molecular weight excluding hydrogens is 344 g/mol. The molecule has 0 radical (unpaired) electrons. The van der Waals surface area contributed by atoms with Crippen LogP contribution in [0.15, 0.2) is 52.2 Å². The van der Waals surface area contributed by atoms with E-state index in [9.17, 15) is 13.2 Å². The highest BCUT2D eigenvalue weighted by atomic mass is 32.2. The molecule has 1 heterocycles. The number of nitrogens with one attached hydrogen (secondary N) is 1. The highest BCUT2D eigenvalue weighted by molar-refractivity contribution is 7.92. The third-order valence-electron chi connectivity index (χ3n) is 3.90. The number of aryl methyl sites for hydroxylation is 1. The van der Waals surface area contributed by atoms with Gasteiger partial charge in [0.2, 0.25) is 0 Å². The van der Waals surface area contributed by atoms with E-state index in [2.05, 4.69) is 4.72 Å². The maximum atomic E-state index is 12.7. The minimum atomic E-state index is -3.72. The lowest BCUT2D eigenvalue weighted by atomic mass is 10.0. The van der Waals surface area contributed by atoms with Gasteiger partial charge in [0.05, 0.1) is 20.8 Å². The molecule has 7 heteroatoms. The van der Waals surface area contributed by atoms with E-state index >= 15 is 0 Å². The van der Waals surface area contributed by atoms with E-state index in [0.29, 0.717) is 10.4 Å². The summed E-state index contributed by atoms with van der Waals surface area (Å²) < 4.78 is 30.3. The topological polar surface area (TPSA) is 68.2 Å². The van der Waals surface area contributed by atoms with Gasteiger partial charge < -0.3 is 4.57 Å². The summed E-state index contributed by atoms with van der Waals surface area (Å²) in [5.74, 6) is 0.200. The fourth-order valence-corrected chi connectivity index (χ4v) is 4.69. The largest absolute Gasteiger partial charge is 0.307 e. The van der Waals surface area contributed by atoms with Crippen molar-refractivity contribution in [3.63, 3.8) is 0 Å². The van der Waals surface area contributed by atoms with Gasteiger partial charge in [-0.2, -0.15) is 0 Å². The second kappa shape index (κ2) is 6.07. The number of anilines is 1. The molecular formula is C17H18N2O3S2. The molecule has 0 aliphatic carbocycles. The second-order valence-electron chi connectivity index (χ2n) is 5.90. The van der Waals surface area contributed by atoms with Crippen molar-refractivity contribution in [1.82, 2.24) is 4.57 Å². The number of benzene rings is 2. The SMILES string of the molecule is CC(C)c1ccccc1NS(=O)(=O)c1ccc2c(c1)sc(=O)n2C. The lowest BCUT2D eigenvalue weighted by molar-refractivity contribution is 0.601. The van der Waals surface area contributed by atoms with Gasteiger partial charge in [-0.1, -0.05) is 43.4 Å². The first kappa shape index (κ1) is 16.7. The van der Waals surface area contributed by atoms with Crippen molar-refractivity contribution in [3.8, 4) is 0 Å². The minimum absolute atomic E-state index is 0.113. The molecule has 5 nitrogen and oxygen atoms in total. The van der Waals surface area contributed by atoms with Crippen LogP contribution in [0.3, 0.4) is 0 Å². The molecule has 3 rings (SSSR count). The molecule has 0 aliphatic heterocycles. The average molecular weight is 362 g/mol. The van der Waals surface area contributed by atoms with Gasteiger partial charge in [0.15, 0.2) is 0 Å². The van der Waals surface area contributed by atoms with Crippen LogP contribution in [0.5, 0.6) is 0 Å². The van der Waals surface area contributed by atoms with Crippen molar-refractivity contribution in [2.24, 2.45) is 7.05 Å². The number of rotatable bonds is 4. The van der Waals surface area contributed by atoms with Crippen LogP contribution < -0.4 is 9.60 Å². The Morgan fingerprint density at radius 2 is 1.83 bits per heavy atom. The molecule has 0 spiro atoms. The molecule has 0 bridgehead atoms. The normalized spacial score (nSPS) is 12.0. The zero-order valence-electron chi connectivity index (χ0n) is 13.6. The Balaban J connectivity index is 2.04. The predicted molar refractivity (Wildman–Crippen MR) is 98.4 cm³/mol. The monoisotopic (exact) mass is 362 g/mol. The molecule has 0 fully saturated rings. The van der Waals surface area contributed by atoms with Gasteiger partial charge in [-0.05, 0) is 35.7 Å². The van der Waals surface area contributed by atoms with Crippen molar-refractivity contribution < 1.29 is 8.42 Å². The number of para-hydroxylation sites is 1. The molecule has 3 aromatic rings. The lowest BCUT2D eigenvalue weighted by Gasteiger charge is -2.14. The molecule has 1 N–H and O–H groups in total. The number of hydrogen-bond acceptors (Lipinski definition) is 4. The van der Waals surface area contributed by atoms with Gasteiger partial charge in [-0.15, -0.1) is 0 Å². The van der Waals surface area contributed by atoms with E-state index < -0.39 is 10.0 Å². The van der Waals surface area contributed by atoms with E-state index in [1.807, 2.05) is 26.0 Å². The highest BCUT2D eigenvalue weighted by Crippen LogP contribution is 2.27. The quantitative estimate of drug-likeness (QED) is 0.772. The van der Waals surface area contributed by atoms with Crippen molar-refractivity contribution >= 4 is 37.3 Å². The Bertz CT molecular complexity index is 1060. The Morgan fingerprint density at radius 3 is 2.54 bits per heavy atom. The zero-order chi connectivity index (χ0) is 17.5. The van der Waals surface area contributed by atoms with Crippen molar-refractivity contribution in [2.45, 2.75) is 24.7 Å². The van der Waals surface area contributed by atoms with Crippen LogP contribution in [0, 0.1) is 0 Å². The van der Waals surface area contributed by atoms with E-state index in [1.165, 1.54) is 10.6 Å².